The summed E-state index contributed by atoms with van der Waals surface area (Å²) >= 11 is 11.8. The molecule has 1 aliphatic heterocycles. The van der Waals surface area contributed by atoms with Crippen molar-refractivity contribution < 1.29 is 14.7 Å². The number of aromatic hydroxyl groups is 1. The lowest BCUT2D eigenvalue weighted by Gasteiger charge is -2.35. The Morgan fingerprint density at radius 1 is 1.08 bits per heavy atom. The molecule has 1 saturated heterocycles. The van der Waals surface area contributed by atoms with Gasteiger partial charge in [-0.2, -0.15) is 0 Å². The number of hydrogen-bond donors (Lipinski definition) is 2. The Balaban J connectivity index is 1.49. The normalized spacial score (nSPS) is 17.2. The van der Waals surface area contributed by atoms with Gasteiger partial charge in [-0.25, -0.2) is 0 Å². The van der Waals surface area contributed by atoms with Crippen LogP contribution in [0.4, 0.5) is 5.69 Å². The first kappa shape index (κ1) is 18.9. The second-order valence-electron chi connectivity index (χ2n) is 6.43. The van der Waals surface area contributed by atoms with E-state index >= 15 is 0 Å². The van der Waals surface area contributed by atoms with Gasteiger partial charge < -0.3 is 20.2 Å². The largest absolute Gasteiger partial charge is 0.506 e. The van der Waals surface area contributed by atoms with E-state index in [0.717, 1.165) is 24.8 Å². The summed E-state index contributed by atoms with van der Waals surface area (Å²) in [6.07, 6.45) is 4.90. The number of nitrogens with zero attached hydrogens (tertiary/aromatic N) is 2. The van der Waals surface area contributed by atoms with Gasteiger partial charge in [0.25, 0.3) is 0 Å². The molecular formula is C18H21Cl2N3O3. The molecule has 0 atom stereocenters. The molecule has 0 radical (unpaired) electrons. The molecule has 2 N–H and O–H groups in total. The zero-order chi connectivity index (χ0) is 18.7. The van der Waals surface area contributed by atoms with E-state index in [1.807, 2.05) is 11.0 Å². The zero-order valence-electron chi connectivity index (χ0n) is 14.3. The van der Waals surface area contributed by atoms with E-state index in [1.54, 1.807) is 4.90 Å². The fourth-order valence-corrected chi connectivity index (χ4v) is 3.51. The third-order valence-corrected chi connectivity index (χ3v) is 5.43. The van der Waals surface area contributed by atoms with Crippen molar-refractivity contribution in [3.05, 3.63) is 33.8 Å². The smallest absolute Gasteiger partial charge is 0.249 e. The maximum Gasteiger partial charge on any atom is 0.249 e. The van der Waals surface area contributed by atoms with Crippen LogP contribution in [0.5, 0.6) is 5.75 Å². The molecule has 0 unspecified atom stereocenters. The number of allylic oxidation sites excluding steroid dienone is 1. The lowest BCUT2D eigenvalue weighted by molar-refractivity contribution is -0.136. The Morgan fingerprint density at radius 3 is 2.38 bits per heavy atom. The fourth-order valence-electron chi connectivity index (χ4n) is 3.19. The Hall–Kier alpha value is -1.92. The molecule has 140 valence electrons. The topological polar surface area (TPSA) is 72.9 Å². The molecule has 1 heterocycles. The molecule has 0 bridgehead atoms. The van der Waals surface area contributed by atoms with Gasteiger partial charge in [-0.1, -0.05) is 29.3 Å². The van der Waals surface area contributed by atoms with Gasteiger partial charge >= 0.3 is 0 Å². The minimum Gasteiger partial charge on any atom is -0.506 e. The van der Waals surface area contributed by atoms with Crippen LogP contribution in [-0.2, 0) is 9.59 Å². The van der Waals surface area contributed by atoms with Crippen molar-refractivity contribution in [3.63, 3.8) is 0 Å². The monoisotopic (exact) mass is 397 g/mol. The van der Waals surface area contributed by atoms with Gasteiger partial charge in [0, 0.05) is 37.8 Å². The molecule has 1 aromatic carbocycles. The van der Waals surface area contributed by atoms with E-state index in [1.165, 1.54) is 12.1 Å². The minimum absolute atomic E-state index is 0.0324. The van der Waals surface area contributed by atoms with E-state index in [9.17, 15) is 14.7 Å². The SMILES string of the molecule is O=C(CNc1cc(Cl)c(Cl)cc1O)N1CCN(C(=O)C2=CCCC2)CC1. The number of halogens is 2. The van der Waals surface area contributed by atoms with E-state index < -0.39 is 0 Å². The number of phenolic OH excluding ortho intramolecular Hbond substituents is 1. The maximum absolute atomic E-state index is 12.4. The Bertz CT molecular complexity index is 743. The number of hydrogen-bond acceptors (Lipinski definition) is 4. The van der Waals surface area contributed by atoms with Crippen molar-refractivity contribution in [2.24, 2.45) is 0 Å². The lowest BCUT2D eigenvalue weighted by atomic mass is 10.2. The third-order valence-electron chi connectivity index (χ3n) is 4.70. The van der Waals surface area contributed by atoms with Crippen LogP contribution in [0.1, 0.15) is 19.3 Å². The molecular weight excluding hydrogens is 377 g/mol. The number of benzene rings is 1. The maximum atomic E-state index is 12.4. The van der Waals surface area contributed by atoms with Crippen LogP contribution in [0, 0.1) is 0 Å². The van der Waals surface area contributed by atoms with E-state index in [0.29, 0.717) is 36.9 Å². The van der Waals surface area contributed by atoms with E-state index in [4.69, 9.17) is 23.2 Å². The van der Waals surface area contributed by atoms with Crippen molar-refractivity contribution in [2.45, 2.75) is 19.3 Å². The highest BCUT2D eigenvalue weighted by Gasteiger charge is 2.26. The second-order valence-corrected chi connectivity index (χ2v) is 7.25. The molecule has 0 spiro atoms. The summed E-state index contributed by atoms with van der Waals surface area (Å²) in [6.45, 7) is 2.13. The second kappa shape index (κ2) is 8.18. The summed E-state index contributed by atoms with van der Waals surface area (Å²) in [5.74, 6) is -0.0523. The van der Waals surface area contributed by atoms with Crippen molar-refractivity contribution >= 4 is 40.7 Å². The Labute approximate surface area is 162 Å². The predicted molar refractivity (Wildman–Crippen MR) is 102 cm³/mol. The first-order valence-corrected chi connectivity index (χ1v) is 9.39. The highest BCUT2D eigenvalue weighted by atomic mass is 35.5. The number of phenols is 1. The number of piperazine rings is 1. The van der Waals surface area contributed by atoms with Crippen molar-refractivity contribution in [1.29, 1.82) is 0 Å². The van der Waals surface area contributed by atoms with Gasteiger partial charge in [0.05, 0.1) is 22.3 Å². The van der Waals surface area contributed by atoms with Crippen molar-refractivity contribution in [1.82, 2.24) is 9.80 Å². The summed E-state index contributed by atoms with van der Waals surface area (Å²) in [4.78, 5) is 28.3. The predicted octanol–water partition coefficient (Wildman–Crippen LogP) is 2.89. The standard InChI is InChI=1S/C18H21Cl2N3O3/c19-13-9-15(16(24)10-14(13)20)21-11-17(25)22-5-7-23(8-6-22)18(26)12-3-1-2-4-12/h3,9-10,21,24H,1-2,4-8,11H2. The molecule has 1 aliphatic carbocycles. The molecule has 0 aromatic heterocycles. The molecule has 3 rings (SSSR count). The number of rotatable bonds is 4. The molecule has 2 amide bonds. The average molecular weight is 398 g/mol. The number of carbonyl (C=O) groups is 2. The summed E-state index contributed by atoms with van der Waals surface area (Å²) in [5, 5.41) is 13.3. The van der Waals surface area contributed by atoms with Gasteiger partial charge in [0.1, 0.15) is 5.75 Å². The van der Waals surface area contributed by atoms with Crippen molar-refractivity contribution in [2.75, 3.05) is 38.0 Å². The fraction of sp³-hybridized carbons (Fsp3) is 0.444. The zero-order valence-corrected chi connectivity index (χ0v) is 15.8. The lowest BCUT2D eigenvalue weighted by Crippen LogP contribution is -2.52. The summed E-state index contributed by atoms with van der Waals surface area (Å²) < 4.78 is 0. The van der Waals surface area contributed by atoms with Gasteiger partial charge in [0.15, 0.2) is 0 Å². The van der Waals surface area contributed by atoms with Crippen LogP contribution in [-0.4, -0.2) is 59.4 Å². The van der Waals surface area contributed by atoms with E-state index in [-0.39, 0.29) is 29.1 Å². The molecule has 2 aliphatic rings. The van der Waals surface area contributed by atoms with Crippen LogP contribution in [0.15, 0.2) is 23.8 Å². The summed E-state index contributed by atoms with van der Waals surface area (Å²) in [6, 6.07) is 2.82. The molecule has 6 nitrogen and oxygen atoms in total. The molecule has 26 heavy (non-hydrogen) atoms. The average Bonchev–Trinajstić information content (AvgIpc) is 3.17. The van der Waals surface area contributed by atoms with Crippen LogP contribution >= 0.6 is 23.2 Å². The van der Waals surface area contributed by atoms with Gasteiger partial charge in [0.2, 0.25) is 11.8 Å². The number of amides is 2. The quantitative estimate of drug-likeness (QED) is 0.766. The first-order chi connectivity index (χ1) is 12.5. The van der Waals surface area contributed by atoms with Crippen LogP contribution in [0.3, 0.4) is 0 Å². The summed E-state index contributed by atoms with van der Waals surface area (Å²) in [7, 11) is 0. The highest BCUT2D eigenvalue weighted by molar-refractivity contribution is 6.42. The first-order valence-electron chi connectivity index (χ1n) is 8.63. The van der Waals surface area contributed by atoms with Gasteiger partial charge in [-0.15, -0.1) is 0 Å². The molecule has 1 fully saturated rings. The Morgan fingerprint density at radius 2 is 1.73 bits per heavy atom. The molecule has 8 heteroatoms. The minimum atomic E-state index is -0.0948. The third kappa shape index (κ3) is 4.24. The van der Waals surface area contributed by atoms with Crippen molar-refractivity contribution in [3.8, 4) is 5.75 Å². The van der Waals surface area contributed by atoms with Crippen LogP contribution in [0.25, 0.3) is 0 Å². The number of carbonyl (C=O) groups excluding carboxylic acids is 2. The number of anilines is 1. The van der Waals surface area contributed by atoms with Gasteiger partial charge in [-0.3, -0.25) is 9.59 Å². The van der Waals surface area contributed by atoms with Crippen LogP contribution < -0.4 is 5.32 Å². The van der Waals surface area contributed by atoms with Crippen LogP contribution in [0.2, 0.25) is 10.0 Å². The van der Waals surface area contributed by atoms with Gasteiger partial charge in [-0.05, 0) is 25.3 Å². The Kier molecular flexibility index (Phi) is 5.94. The summed E-state index contributed by atoms with van der Waals surface area (Å²) in [5.41, 5.74) is 1.26. The molecule has 0 saturated carbocycles. The molecule has 1 aromatic rings. The number of nitrogens with one attached hydrogen (secondary N) is 1. The van der Waals surface area contributed by atoms with E-state index in [2.05, 4.69) is 5.32 Å². The highest BCUT2D eigenvalue weighted by Crippen LogP contribution is 2.33.